The van der Waals surface area contributed by atoms with Crippen LogP contribution in [0.15, 0.2) is 72.8 Å². The molecule has 0 aromatic heterocycles. The second-order valence-electron chi connectivity index (χ2n) is 7.66. The van der Waals surface area contributed by atoms with Crippen molar-refractivity contribution in [2.45, 2.75) is 17.7 Å². The SMILES string of the molecule is COc1ccc(C(Cl)(c2ccc(OC)cc2)c2cccc(C(=O)ON3C(=O)CCC3=O)c2)cc1. The van der Waals surface area contributed by atoms with Crippen molar-refractivity contribution in [1.29, 1.82) is 0 Å². The molecule has 0 spiro atoms. The van der Waals surface area contributed by atoms with Crippen LogP contribution in [0, 0.1) is 0 Å². The van der Waals surface area contributed by atoms with Gasteiger partial charge in [0.05, 0.1) is 19.8 Å². The summed E-state index contributed by atoms with van der Waals surface area (Å²) in [5.41, 5.74) is 2.24. The highest BCUT2D eigenvalue weighted by Gasteiger charge is 2.36. The number of halogens is 1. The van der Waals surface area contributed by atoms with Crippen molar-refractivity contribution in [1.82, 2.24) is 5.06 Å². The zero-order chi connectivity index (χ0) is 24.3. The third-order valence-electron chi connectivity index (χ3n) is 5.65. The molecule has 0 aliphatic carbocycles. The molecule has 2 amide bonds. The fourth-order valence-corrected chi connectivity index (χ4v) is 4.16. The number of methoxy groups -OCH3 is 2. The summed E-state index contributed by atoms with van der Waals surface area (Å²) in [5.74, 6) is -0.561. The van der Waals surface area contributed by atoms with Crippen LogP contribution in [-0.4, -0.2) is 37.1 Å². The standard InChI is InChI=1S/C26H22ClNO6/c1-32-21-10-6-18(7-11-21)26(27,19-8-12-22(33-2)13-9-19)20-5-3-4-17(16-20)25(31)34-28-23(29)14-15-24(28)30/h3-13,16H,14-15H2,1-2H3. The molecule has 0 saturated carbocycles. The number of imide groups is 1. The van der Waals surface area contributed by atoms with Crippen LogP contribution in [0.2, 0.25) is 0 Å². The van der Waals surface area contributed by atoms with Crippen molar-refractivity contribution in [2.24, 2.45) is 0 Å². The van der Waals surface area contributed by atoms with Crippen molar-refractivity contribution in [3.63, 3.8) is 0 Å². The molecule has 1 fully saturated rings. The Balaban J connectivity index is 1.76. The minimum atomic E-state index is -1.17. The Bertz CT molecular complexity index is 1160. The van der Waals surface area contributed by atoms with E-state index in [0.29, 0.717) is 22.1 Å². The quantitative estimate of drug-likeness (QED) is 0.283. The minimum absolute atomic E-state index is 0.0197. The molecule has 3 aromatic carbocycles. The van der Waals surface area contributed by atoms with Gasteiger partial charge >= 0.3 is 5.97 Å². The van der Waals surface area contributed by atoms with Gasteiger partial charge < -0.3 is 14.3 Å². The zero-order valence-electron chi connectivity index (χ0n) is 18.6. The topological polar surface area (TPSA) is 82.1 Å². The maximum absolute atomic E-state index is 12.8. The molecule has 0 N–H and O–H groups in total. The van der Waals surface area contributed by atoms with Gasteiger partial charge in [0.1, 0.15) is 16.4 Å². The number of alkyl halides is 1. The van der Waals surface area contributed by atoms with E-state index in [9.17, 15) is 14.4 Å². The first-order valence-electron chi connectivity index (χ1n) is 10.5. The molecule has 0 bridgehead atoms. The number of nitrogens with zero attached hydrogens (tertiary/aromatic N) is 1. The predicted molar refractivity (Wildman–Crippen MR) is 125 cm³/mol. The lowest BCUT2D eigenvalue weighted by atomic mass is 9.83. The van der Waals surface area contributed by atoms with Crippen molar-refractivity contribution in [3.8, 4) is 11.5 Å². The molecule has 0 atom stereocenters. The largest absolute Gasteiger partial charge is 0.497 e. The summed E-state index contributed by atoms with van der Waals surface area (Å²) in [6.07, 6.45) is 0.0395. The third-order valence-corrected chi connectivity index (χ3v) is 6.31. The van der Waals surface area contributed by atoms with Gasteiger partial charge in [0.25, 0.3) is 11.8 Å². The number of hydrogen-bond donors (Lipinski definition) is 0. The first-order chi connectivity index (χ1) is 16.4. The second kappa shape index (κ2) is 9.57. The Morgan fingerprint density at radius 2 is 1.29 bits per heavy atom. The number of hydrogen-bond acceptors (Lipinski definition) is 6. The van der Waals surface area contributed by atoms with Crippen LogP contribution in [0.3, 0.4) is 0 Å². The van der Waals surface area contributed by atoms with Gasteiger partial charge in [-0.1, -0.05) is 36.4 Å². The average molecular weight is 480 g/mol. The van der Waals surface area contributed by atoms with Gasteiger partial charge in [0.15, 0.2) is 0 Å². The summed E-state index contributed by atoms with van der Waals surface area (Å²) in [6, 6.07) is 21.2. The number of rotatable bonds is 7. The lowest BCUT2D eigenvalue weighted by molar-refractivity contribution is -0.172. The Labute approximate surface area is 201 Å². The average Bonchev–Trinajstić information content (AvgIpc) is 3.20. The van der Waals surface area contributed by atoms with E-state index in [1.54, 1.807) is 56.7 Å². The molecule has 1 saturated heterocycles. The molecule has 1 heterocycles. The zero-order valence-corrected chi connectivity index (χ0v) is 19.4. The van der Waals surface area contributed by atoms with Crippen LogP contribution in [0.4, 0.5) is 0 Å². The number of benzene rings is 3. The lowest BCUT2D eigenvalue weighted by Crippen LogP contribution is -2.32. The first kappa shape index (κ1) is 23.3. The fraction of sp³-hybridized carbons (Fsp3) is 0.192. The summed E-state index contributed by atoms with van der Waals surface area (Å²) in [4.78, 5) is 40.4. The lowest BCUT2D eigenvalue weighted by Gasteiger charge is -2.30. The summed E-state index contributed by atoms with van der Waals surface area (Å²) in [6.45, 7) is 0. The van der Waals surface area contributed by atoms with E-state index in [-0.39, 0.29) is 18.4 Å². The van der Waals surface area contributed by atoms with Crippen LogP contribution in [0.25, 0.3) is 0 Å². The summed E-state index contributed by atoms with van der Waals surface area (Å²) in [7, 11) is 3.16. The fourth-order valence-electron chi connectivity index (χ4n) is 3.80. The molecule has 1 aliphatic heterocycles. The van der Waals surface area contributed by atoms with Crippen molar-refractivity contribution in [3.05, 3.63) is 95.1 Å². The van der Waals surface area contributed by atoms with Crippen molar-refractivity contribution in [2.75, 3.05) is 14.2 Å². The van der Waals surface area contributed by atoms with Crippen LogP contribution < -0.4 is 9.47 Å². The molecule has 0 unspecified atom stereocenters. The van der Waals surface area contributed by atoms with E-state index in [2.05, 4.69) is 0 Å². The molecular formula is C26H22ClNO6. The Morgan fingerprint density at radius 3 is 1.76 bits per heavy atom. The smallest absolute Gasteiger partial charge is 0.363 e. The third kappa shape index (κ3) is 4.34. The predicted octanol–water partition coefficient (Wildman–Crippen LogP) is 4.46. The van der Waals surface area contributed by atoms with E-state index in [1.165, 1.54) is 6.07 Å². The van der Waals surface area contributed by atoms with Crippen LogP contribution in [-0.2, 0) is 19.3 Å². The molecule has 7 nitrogen and oxygen atoms in total. The van der Waals surface area contributed by atoms with Gasteiger partial charge in [-0.25, -0.2) is 4.79 Å². The first-order valence-corrected chi connectivity index (χ1v) is 10.9. The monoisotopic (exact) mass is 479 g/mol. The molecular weight excluding hydrogens is 458 g/mol. The normalized spacial score (nSPS) is 13.7. The Morgan fingerprint density at radius 1 is 0.794 bits per heavy atom. The van der Waals surface area contributed by atoms with E-state index in [0.717, 1.165) is 11.1 Å². The number of ether oxygens (including phenoxy) is 2. The molecule has 1 aliphatic rings. The summed E-state index contributed by atoms with van der Waals surface area (Å²) < 4.78 is 10.5. The molecule has 174 valence electrons. The second-order valence-corrected chi connectivity index (χ2v) is 8.22. The van der Waals surface area contributed by atoms with E-state index in [4.69, 9.17) is 25.9 Å². The van der Waals surface area contributed by atoms with Crippen molar-refractivity contribution >= 4 is 29.4 Å². The highest BCUT2D eigenvalue weighted by molar-refractivity contribution is 6.28. The van der Waals surface area contributed by atoms with Gasteiger partial charge in [-0.3, -0.25) is 9.59 Å². The minimum Gasteiger partial charge on any atom is -0.497 e. The number of carbonyl (C=O) groups is 3. The van der Waals surface area contributed by atoms with Crippen LogP contribution in [0.1, 0.15) is 39.9 Å². The van der Waals surface area contributed by atoms with Gasteiger partial charge in [0.2, 0.25) is 0 Å². The van der Waals surface area contributed by atoms with Gasteiger partial charge in [-0.2, -0.15) is 0 Å². The van der Waals surface area contributed by atoms with E-state index in [1.807, 2.05) is 24.3 Å². The van der Waals surface area contributed by atoms with Gasteiger partial charge in [-0.05, 0) is 53.1 Å². The Hall–Kier alpha value is -3.84. The Kier molecular flexibility index (Phi) is 6.56. The van der Waals surface area contributed by atoms with Crippen LogP contribution in [0.5, 0.6) is 11.5 Å². The molecule has 0 radical (unpaired) electrons. The van der Waals surface area contributed by atoms with E-state index >= 15 is 0 Å². The molecule has 4 rings (SSSR count). The maximum Gasteiger partial charge on any atom is 0.363 e. The van der Waals surface area contributed by atoms with Gasteiger partial charge in [0, 0.05) is 12.8 Å². The van der Waals surface area contributed by atoms with Crippen molar-refractivity contribution < 1.29 is 28.7 Å². The number of carbonyl (C=O) groups excluding carboxylic acids is 3. The molecule has 34 heavy (non-hydrogen) atoms. The summed E-state index contributed by atoms with van der Waals surface area (Å²) >= 11 is 7.35. The molecule has 3 aromatic rings. The molecule has 8 heteroatoms. The van der Waals surface area contributed by atoms with Crippen LogP contribution >= 0.6 is 11.6 Å². The summed E-state index contributed by atoms with van der Waals surface area (Å²) in [5, 5.41) is 0.524. The number of hydroxylamine groups is 2. The maximum atomic E-state index is 12.8. The van der Waals surface area contributed by atoms with Gasteiger partial charge in [-0.15, -0.1) is 16.7 Å². The van der Waals surface area contributed by atoms with E-state index < -0.39 is 22.7 Å². The highest BCUT2D eigenvalue weighted by atomic mass is 35.5. The highest BCUT2D eigenvalue weighted by Crippen LogP contribution is 2.44. The number of amides is 2.